The molecule has 0 N–H and O–H groups in total. The predicted molar refractivity (Wildman–Crippen MR) is 186 cm³/mol. The SMILES string of the molecule is CC(C)CCC[C@@H](C)C1C=C2CC(OC(=O)CCC(=O)N(CCCN(C)C)CCCN(C)C)CCC2C2CCC3CCCC3C21. The number of carbonyl (C=O) groups excluding carboxylic acids is 2. The average molecular weight is 628 g/mol. The van der Waals surface area contributed by atoms with E-state index in [1.807, 2.05) is 4.90 Å². The predicted octanol–water partition coefficient (Wildman–Crippen LogP) is 7.67. The molecule has 0 aromatic carbocycles. The van der Waals surface area contributed by atoms with Crippen molar-refractivity contribution in [3.63, 3.8) is 0 Å². The lowest BCUT2D eigenvalue weighted by atomic mass is 9.52. The van der Waals surface area contributed by atoms with E-state index in [4.69, 9.17) is 4.74 Å². The van der Waals surface area contributed by atoms with Gasteiger partial charge in [-0.3, -0.25) is 9.59 Å². The van der Waals surface area contributed by atoms with E-state index in [1.165, 1.54) is 57.8 Å². The van der Waals surface area contributed by atoms with Gasteiger partial charge in [-0.25, -0.2) is 0 Å². The molecule has 0 aromatic heterocycles. The normalized spacial score (nSPS) is 30.1. The molecule has 4 rings (SSSR count). The first kappa shape index (κ1) is 36.4. The lowest BCUT2D eigenvalue weighted by molar-refractivity contribution is -0.152. The van der Waals surface area contributed by atoms with Crippen molar-refractivity contribution in [2.24, 2.45) is 47.3 Å². The summed E-state index contributed by atoms with van der Waals surface area (Å²) in [5.74, 6) is 6.43. The van der Waals surface area contributed by atoms with Gasteiger partial charge in [-0.2, -0.15) is 0 Å². The van der Waals surface area contributed by atoms with Crippen LogP contribution in [0.3, 0.4) is 0 Å². The maximum atomic E-state index is 13.2. The second-order valence-corrected chi connectivity index (χ2v) is 16.5. The van der Waals surface area contributed by atoms with Crippen molar-refractivity contribution >= 4 is 11.9 Å². The van der Waals surface area contributed by atoms with Crippen molar-refractivity contribution in [2.45, 2.75) is 123 Å². The van der Waals surface area contributed by atoms with Crippen LogP contribution in [-0.2, 0) is 14.3 Å². The Kier molecular flexibility index (Phi) is 14.3. The van der Waals surface area contributed by atoms with Crippen LogP contribution in [0.25, 0.3) is 0 Å². The monoisotopic (exact) mass is 628 g/mol. The Morgan fingerprint density at radius 1 is 0.800 bits per heavy atom. The van der Waals surface area contributed by atoms with Crippen LogP contribution in [0.15, 0.2) is 11.6 Å². The lowest BCUT2D eigenvalue weighted by Gasteiger charge is -2.53. The van der Waals surface area contributed by atoms with E-state index in [0.29, 0.717) is 11.8 Å². The first-order chi connectivity index (χ1) is 21.5. The van der Waals surface area contributed by atoms with Gasteiger partial charge in [0.1, 0.15) is 6.10 Å². The quantitative estimate of drug-likeness (QED) is 0.122. The molecule has 0 heterocycles. The van der Waals surface area contributed by atoms with Gasteiger partial charge in [-0.15, -0.1) is 0 Å². The van der Waals surface area contributed by atoms with Gasteiger partial charge < -0.3 is 19.4 Å². The van der Waals surface area contributed by atoms with Gasteiger partial charge in [0, 0.05) is 25.9 Å². The van der Waals surface area contributed by atoms with Crippen LogP contribution in [0.5, 0.6) is 0 Å². The fraction of sp³-hybridized carbons (Fsp3) is 0.897. The van der Waals surface area contributed by atoms with E-state index >= 15 is 0 Å². The highest BCUT2D eigenvalue weighted by atomic mass is 16.5. The number of nitrogens with zero attached hydrogens (tertiary/aromatic N) is 3. The Hall–Kier alpha value is -1.40. The number of hydrogen-bond acceptors (Lipinski definition) is 5. The first-order valence-electron chi connectivity index (χ1n) is 19.0. The summed E-state index contributed by atoms with van der Waals surface area (Å²) in [5, 5.41) is 0. The summed E-state index contributed by atoms with van der Waals surface area (Å²) in [4.78, 5) is 32.5. The zero-order valence-electron chi connectivity index (χ0n) is 30.3. The minimum Gasteiger partial charge on any atom is -0.462 e. The summed E-state index contributed by atoms with van der Waals surface area (Å²) < 4.78 is 6.12. The van der Waals surface area contributed by atoms with E-state index in [0.717, 1.165) is 87.4 Å². The molecule has 8 atom stereocenters. The Bertz CT molecular complexity index is 947. The molecular formula is C39H69N3O3. The summed E-state index contributed by atoms with van der Waals surface area (Å²) in [6, 6.07) is 0. The summed E-state index contributed by atoms with van der Waals surface area (Å²) in [6.45, 7) is 10.7. The van der Waals surface area contributed by atoms with Gasteiger partial charge in [0.05, 0.1) is 6.42 Å². The van der Waals surface area contributed by atoms with Crippen LogP contribution in [0.2, 0.25) is 0 Å². The standard InChI is InChI=1S/C39H69N3O3/c1-28(2)12-8-13-29(3)36-27-31-26-32(17-19-33(31)35-18-16-30-14-9-15-34(30)39(35)36)45-38(44)21-20-37(43)42(24-10-22-40(4)5)25-11-23-41(6)7/h27-30,32-36,39H,8-26H2,1-7H3/t29-,30?,32?,33?,34?,35?,36?,39?/m1/s1. The van der Waals surface area contributed by atoms with Crippen LogP contribution in [-0.4, -0.2) is 87.0 Å². The van der Waals surface area contributed by atoms with Crippen LogP contribution >= 0.6 is 0 Å². The number of fused-ring (bicyclic) bond motifs is 5. The Labute approximate surface area is 277 Å². The summed E-state index contributed by atoms with van der Waals surface area (Å²) in [6.07, 6.45) is 19.3. The molecule has 258 valence electrons. The lowest BCUT2D eigenvalue weighted by Crippen LogP contribution is -2.46. The molecule has 6 nitrogen and oxygen atoms in total. The van der Waals surface area contributed by atoms with Crippen LogP contribution < -0.4 is 0 Å². The van der Waals surface area contributed by atoms with Gasteiger partial charge in [0.15, 0.2) is 0 Å². The van der Waals surface area contributed by atoms with E-state index in [-0.39, 0.29) is 30.8 Å². The first-order valence-corrected chi connectivity index (χ1v) is 19.0. The van der Waals surface area contributed by atoms with Crippen molar-refractivity contribution in [3.05, 3.63) is 11.6 Å². The minimum absolute atomic E-state index is 0.0253. The second-order valence-electron chi connectivity index (χ2n) is 16.5. The van der Waals surface area contributed by atoms with E-state index in [9.17, 15) is 9.59 Å². The summed E-state index contributed by atoms with van der Waals surface area (Å²) in [7, 11) is 8.27. The number of hydrogen-bond donors (Lipinski definition) is 0. The molecule has 4 aliphatic rings. The number of allylic oxidation sites excluding steroid dienone is 1. The zero-order valence-corrected chi connectivity index (χ0v) is 30.3. The largest absolute Gasteiger partial charge is 0.462 e. The molecule has 0 radical (unpaired) electrons. The molecule has 0 bridgehead atoms. The van der Waals surface area contributed by atoms with E-state index in [2.05, 4.69) is 64.8 Å². The molecular weight excluding hydrogens is 558 g/mol. The highest BCUT2D eigenvalue weighted by molar-refractivity contribution is 5.81. The van der Waals surface area contributed by atoms with Crippen molar-refractivity contribution in [1.82, 2.24) is 14.7 Å². The topological polar surface area (TPSA) is 53.1 Å². The second kappa shape index (κ2) is 17.7. The number of amides is 1. The van der Waals surface area contributed by atoms with Gasteiger partial charge in [-0.05, 0) is 134 Å². The van der Waals surface area contributed by atoms with Crippen molar-refractivity contribution in [2.75, 3.05) is 54.4 Å². The highest BCUT2D eigenvalue weighted by Gasteiger charge is 2.51. The van der Waals surface area contributed by atoms with E-state index in [1.54, 1.807) is 5.57 Å². The average Bonchev–Trinajstić information content (AvgIpc) is 3.47. The molecule has 4 aliphatic carbocycles. The third-order valence-electron chi connectivity index (χ3n) is 12.0. The molecule has 3 saturated carbocycles. The molecule has 0 aliphatic heterocycles. The molecule has 0 spiro atoms. The third kappa shape index (κ3) is 10.5. The maximum Gasteiger partial charge on any atom is 0.306 e. The molecule has 0 saturated heterocycles. The number of carbonyl (C=O) groups is 2. The van der Waals surface area contributed by atoms with Gasteiger partial charge in [0.25, 0.3) is 0 Å². The Morgan fingerprint density at radius 2 is 1.51 bits per heavy atom. The smallest absolute Gasteiger partial charge is 0.306 e. The Morgan fingerprint density at radius 3 is 2.18 bits per heavy atom. The Balaban J connectivity index is 1.34. The minimum atomic E-state index is -0.187. The van der Waals surface area contributed by atoms with Gasteiger partial charge >= 0.3 is 5.97 Å². The maximum absolute atomic E-state index is 13.2. The van der Waals surface area contributed by atoms with E-state index < -0.39 is 0 Å². The molecule has 0 aromatic rings. The van der Waals surface area contributed by atoms with Crippen LogP contribution in [0, 0.1) is 47.3 Å². The highest BCUT2D eigenvalue weighted by Crippen LogP contribution is 2.59. The van der Waals surface area contributed by atoms with Crippen molar-refractivity contribution < 1.29 is 14.3 Å². The van der Waals surface area contributed by atoms with Crippen molar-refractivity contribution in [3.8, 4) is 0 Å². The summed E-state index contributed by atoms with van der Waals surface area (Å²) in [5.41, 5.74) is 1.61. The molecule has 6 heteroatoms. The number of ether oxygens (including phenoxy) is 1. The van der Waals surface area contributed by atoms with Crippen molar-refractivity contribution in [1.29, 1.82) is 0 Å². The number of rotatable bonds is 17. The van der Waals surface area contributed by atoms with Crippen LogP contribution in [0.1, 0.15) is 117 Å². The molecule has 7 unspecified atom stereocenters. The molecule has 3 fully saturated rings. The molecule has 45 heavy (non-hydrogen) atoms. The third-order valence-corrected chi connectivity index (χ3v) is 12.0. The summed E-state index contributed by atoms with van der Waals surface area (Å²) >= 11 is 0. The zero-order chi connectivity index (χ0) is 32.5. The van der Waals surface area contributed by atoms with Gasteiger partial charge in [-0.1, -0.05) is 64.5 Å². The fourth-order valence-electron chi connectivity index (χ4n) is 9.81. The molecule has 1 amide bonds. The van der Waals surface area contributed by atoms with Gasteiger partial charge in [0.2, 0.25) is 5.91 Å². The fourth-order valence-corrected chi connectivity index (χ4v) is 9.81. The number of esters is 1. The van der Waals surface area contributed by atoms with Crippen LogP contribution in [0.4, 0.5) is 0 Å².